The minimum absolute atomic E-state index is 0.113. The zero-order valence-electron chi connectivity index (χ0n) is 9.78. The maximum atomic E-state index is 11.8. The molecule has 0 amide bonds. The van der Waals surface area contributed by atoms with E-state index in [4.69, 9.17) is 10.5 Å². The maximum absolute atomic E-state index is 11.8. The summed E-state index contributed by atoms with van der Waals surface area (Å²) in [7, 11) is 0. The van der Waals surface area contributed by atoms with Gasteiger partial charge in [-0.1, -0.05) is 12.1 Å². The standard InChI is InChI=1S/C13H10N2O4/c14-10-4-1-3-9(7-10)13(16)19-12-6-2-5-11(8-12)15(17)18/h1-8H,14H2. The lowest BCUT2D eigenvalue weighted by atomic mass is 10.2. The minimum Gasteiger partial charge on any atom is -0.423 e. The van der Waals surface area contributed by atoms with Crippen molar-refractivity contribution in [1.82, 2.24) is 0 Å². The van der Waals surface area contributed by atoms with Crippen LogP contribution in [0.15, 0.2) is 48.5 Å². The Kier molecular flexibility index (Phi) is 3.42. The lowest BCUT2D eigenvalue weighted by Gasteiger charge is -2.04. The Bertz CT molecular complexity index is 640. The molecule has 0 fully saturated rings. The zero-order valence-corrected chi connectivity index (χ0v) is 9.78. The molecule has 0 aliphatic carbocycles. The van der Waals surface area contributed by atoms with E-state index in [1.54, 1.807) is 18.2 Å². The first kappa shape index (κ1) is 12.6. The smallest absolute Gasteiger partial charge is 0.343 e. The number of esters is 1. The van der Waals surface area contributed by atoms with Gasteiger partial charge in [0.05, 0.1) is 16.6 Å². The first-order valence-electron chi connectivity index (χ1n) is 5.38. The molecule has 6 nitrogen and oxygen atoms in total. The summed E-state index contributed by atoms with van der Waals surface area (Å²) in [6, 6.07) is 11.7. The minimum atomic E-state index is -0.618. The Morgan fingerprint density at radius 3 is 2.58 bits per heavy atom. The molecule has 0 heterocycles. The topological polar surface area (TPSA) is 95.5 Å². The van der Waals surface area contributed by atoms with Crippen LogP contribution in [0.2, 0.25) is 0 Å². The summed E-state index contributed by atoms with van der Waals surface area (Å²) in [6.07, 6.45) is 0. The van der Waals surface area contributed by atoms with Gasteiger partial charge in [-0.15, -0.1) is 0 Å². The van der Waals surface area contributed by atoms with E-state index >= 15 is 0 Å². The molecule has 2 aromatic carbocycles. The van der Waals surface area contributed by atoms with Gasteiger partial charge in [0, 0.05) is 11.8 Å². The van der Waals surface area contributed by atoms with E-state index in [9.17, 15) is 14.9 Å². The fourth-order valence-electron chi connectivity index (χ4n) is 1.49. The largest absolute Gasteiger partial charge is 0.423 e. The number of benzene rings is 2. The van der Waals surface area contributed by atoms with Gasteiger partial charge in [-0.25, -0.2) is 4.79 Å². The lowest BCUT2D eigenvalue weighted by Crippen LogP contribution is -2.08. The van der Waals surface area contributed by atoms with Crippen molar-refractivity contribution in [1.29, 1.82) is 0 Å². The van der Waals surface area contributed by atoms with Gasteiger partial charge in [0.25, 0.3) is 5.69 Å². The van der Waals surface area contributed by atoms with Crippen molar-refractivity contribution < 1.29 is 14.5 Å². The molecule has 0 aliphatic heterocycles. The highest BCUT2D eigenvalue weighted by Crippen LogP contribution is 2.20. The van der Waals surface area contributed by atoms with Gasteiger partial charge >= 0.3 is 5.97 Å². The van der Waals surface area contributed by atoms with Crippen molar-refractivity contribution in [2.24, 2.45) is 0 Å². The third-order valence-corrected chi connectivity index (χ3v) is 2.36. The SMILES string of the molecule is Nc1cccc(C(=O)Oc2cccc([N+](=O)[O-])c2)c1. The average molecular weight is 258 g/mol. The predicted molar refractivity (Wildman–Crippen MR) is 68.9 cm³/mol. The second-order valence-electron chi connectivity index (χ2n) is 3.77. The van der Waals surface area contributed by atoms with E-state index in [2.05, 4.69) is 0 Å². The van der Waals surface area contributed by atoms with Crippen molar-refractivity contribution >= 4 is 17.3 Å². The van der Waals surface area contributed by atoms with Gasteiger partial charge in [0.2, 0.25) is 0 Å². The first-order chi connectivity index (χ1) is 9.06. The molecule has 2 aromatic rings. The van der Waals surface area contributed by atoms with Gasteiger partial charge in [-0.05, 0) is 24.3 Å². The van der Waals surface area contributed by atoms with Gasteiger partial charge < -0.3 is 10.5 Å². The van der Waals surface area contributed by atoms with E-state index in [1.165, 1.54) is 30.3 Å². The summed E-state index contributed by atoms with van der Waals surface area (Å²) in [5, 5.41) is 10.6. The number of nitrogens with two attached hydrogens (primary N) is 1. The first-order valence-corrected chi connectivity index (χ1v) is 5.38. The van der Waals surface area contributed by atoms with E-state index in [0.717, 1.165) is 0 Å². The van der Waals surface area contributed by atoms with Gasteiger partial charge in [0.1, 0.15) is 5.75 Å². The number of nitro benzene ring substituents is 1. The highest BCUT2D eigenvalue weighted by molar-refractivity contribution is 5.92. The number of hydrogen-bond donors (Lipinski definition) is 1. The molecule has 0 aliphatic rings. The third kappa shape index (κ3) is 3.06. The Morgan fingerprint density at radius 1 is 1.16 bits per heavy atom. The fourth-order valence-corrected chi connectivity index (χ4v) is 1.49. The highest BCUT2D eigenvalue weighted by atomic mass is 16.6. The molecule has 0 saturated heterocycles. The molecule has 0 aromatic heterocycles. The molecule has 0 bridgehead atoms. The number of carbonyl (C=O) groups excluding carboxylic acids is 1. The summed E-state index contributed by atoms with van der Waals surface area (Å²) in [4.78, 5) is 21.8. The van der Waals surface area contributed by atoms with E-state index in [0.29, 0.717) is 5.69 Å². The molecular weight excluding hydrogens is 248 g/mol. The molecule has 6 heteroatoms. The summed E-state index contributed by atoms with van der Waals surface area (Å²) >= 11 is 0. The van der Waals surface area contributed by atoms with Crippen LogP contribution in [-0.4, -0.2) is 10.9 Å². The summed E-state index contributed by atoms with van der Waals surface area (Å²) in [5.74, 6) is -0.505. The van der Waals surface area contributed by atoms with E-state index < -0.39 is 10.9 Å². The predicted octanol–water partition coefficient (Wildman–Crippen LogP) is 2.40. The average Bonchev–Trinajstić information content (AvgIpc) is 2.39. The number of ether oxygens (including phenoxy) is 1. The van der Waals surface area contributed by atoms with Crippen LogP contribution in [0.4, 0.5) is 11.4 Å². The molecule has 0 unspecified atom stereocenters. The molecular formula is C13H10N2O4. The van der Waals surface area contributed by atoms with Crippen LogP contribution in [0.5, 0.6) is 5.75 Å². The van der Waals surface area contributed by atoms with Crippen LogP contribution < -0.4 is 10.5 Å². The Balaban J connectivity index is 2.19. The van der Waals surface area contributed by atoms with Crippen molar-refractivity contribution in [3.8, 4) is 5.75 Å². The van der Waals surface area contributed by atoms with Gasteiger partial charge in [0.15, 0.2) is 0 Å². The van der Waals surface area contributed by atoms with Crippen molar-refractivity contribution in [2.75, 3.05) is 5.73 Å². The Hall–Kier alpha value is -2.89. The van der Waals surface area contributed by atoms with Crippen molar-refractivity contribution in [3.63, 3.8) is 0 Å². The van der Waals surface area contributed by atoms with Crippen molar-refractivity contribution in [2.45, 2.75) is 0 Å². The number of hydrogen-bond acceptors (Lipinski definition) is 5. The fraction of sp³-hybridized carbons (Fsp3) is 0. The number of non-ortho nitro benzene ring substituents is 1. The molecule has 0 spiro atoms. The van der Waals surface area contributed by atoms with Crippen LogP contribution in [0.25, 0.3) is 0 Å². The Labute approximate surface area is 108 Å². The summed E-state index contributed by atoms with van der Waals surface area (Å²) in [6.45, 7) is 0. The quantitative estimate of drug-likeness (QED) is 0.300. The normalized spacial score (nSPS) is 9.89. The number of rotatable bonds is 3. The second kappa shape index (κ2) is 5.18. The highest BCUT2D eigenvalue weighted by Gasteiger charge is 2.11. The number of nitrogen functional groups attached to an aromatic ring is 1. The molecule has 0 atom stereocenters. The molecule has 96 valence electrons. The number of nitrogens with zero attached hydrogens (tertiary/aromatic N) is 1. The molecule has 2 N–H and O–H groups in total. The molecule has 2 rings (SSSR count). The van der Waals surface area contributed by atoms with E-state index in [-0.39, 0.29) is 17.0 Å². The third-order valence-electron chi connectivity index (χ3n) is 2.36. The second-order valence-corrected chi connectivity index (χ2v) is 3.77. The maximum Gasteiger partial charge on any atom is 0.343 e. The number of anilines is 1. The van der Waals surface area contributed by atoms with Gasteiger partial charge in [-0.3, -0.25) is 10.1 Å². The number of carbonyl (C=O) groups is 1. The summed E-state index contributed by atoms with van der Waals surface area (Å²) < 4.78 is 5.05. The van der Waals surface area contributed by atoms with Gasteiger partial charge in [-0.2, -0.15) is 0 Å². The van der Waals surface area contributed by atoms with E-state index in [1.807, 2.05) is 0 Å². The van der Waals surface area contributed by atoms with Crippen LogP contribution in [0, 0.1) is 10.1 Å². The summed E-state index contributed by atoms with van der Waals surface area (Å²) in [5.41, 5.74) is 6.14. The monoisotopic (exact) mass is 258 g/mol. The molecule has 0 radical (unpaired) electrons. The molecule has 19 heavy (non-hydrogen) atoms. The van der Waals surface area contributed by atoms with Crippen LogP contribution in [0.3, 0.4) is 0 Å². The number of nitro groups is 1. The van der Waals surface area contributed by atoms with Crippen molar-refractivity contribution in [3.05, 3.63) is 64.2 Å². The zero-order chi connectivity index (χ0) is 13.8. The Morgan fingerprint density at radius 2 is 1.89 bits per heavy atom. The molecule has 0 saturated carbocycles. The van der Waals surface area contributed by atoms with Crippen LogP contribution >= 0.6 is 0 Å². The van der Waals surface area contributed by atoms with Crippen LogP contribution in [0.1, 0.15) is 10.4 Å². The van der Waals surface area contributed by atoms with Crippen LogP contribution in [-0.2, 0) is 0 Å². The lowest BCUT2D eigenvalue weighted by molar-refractivity contribution is -0.384.